The topological polar surface area (TPSA) is 76.7 Å². The Bertz CT molecular complexity index is 846. The fourth-order valence-corrected chi connectivity index (χ4v) is 3.53. The van der Waals surface area contributed by atoms with E-state index in [-0.39, 0.29) is 18.6 Å². The fraction of sp³-hybridized carbons (Fsp3) is 0.263. The molecule has 0 radical (unpaired) electrons. The Morgan fingerprint density at radius 3 is 2.74 bits per heavy atom. The van der Waals surface area contributed by atoms with Gasteiger partial charge in [-0.1, -0.05) is 12.1 Å². The van der Waals surface area contributed by atoms with Gasteiger partial charge in [0, 0.05) is 16.2 Å². The summed E-state index contributed by atoms with van der Waals surface area (Å²) in [5.41, 5.74) is 1.08. The standard InChI is InChI=1S/C19H19BrN2O4S/c1-27-9-8-15(22-18(23)13-4-2-3-5-14(13)20)19(24)21-12-6-7-16-17(10-12)26-11-25-16/h2-7,10,15H,8-9,11H2,1H3,(H,21,24)(H,22,23). The van der Waals surface area contributed by atoms with Crippen molar-refractivity contribution in [2.45, 2.75) is 12.5 Å². The number of amides is 2. The van der Waals surface area contributed by atoms with Gasteiger partial charge in [0.05, 0.1) is 5.56 Å². The van der Waals surface area contributed by atoms with Crippen molar-refractivity contribution >= 4 is 45.2 Å². The predicted molar refractivity (Wildman–Crippen MR) is 110 cm³/mol. The van der Waals surface area contributed by atoms with Crippen LogP contribution in [0.1, 0.15) is 16.8 Å². The van der Waals surface area contributed by atoms with Crippen LogP contribution in [0.15, 0.2) is 46.9 Å². The molecule has 1 aliphatic heterocycles. The molecular formula is C19H19BrN2O4S. The molecule has 6 nitrogen and oxygen atoms in total. The summed E-state index contributed by atoms with van der Waals surface area (Å²) in [7, 11) is 0. The van der Waals surface area contributed by atoms with Gasteiger partial charge >= 0.3 is 0 Å². The van der Waals surface area contributed by atoms with Crippen LogP contribution in [0.5, 0.6) is 11.5 Å². The van der Waals surface area contributed by atoms with Crippen molar-refractivity contribution in [3.8, 4) is 11.5 Å². The summed E-state index contributed by atoms with van der Waals surface area (Å²) >= 11 is 4.99. The van der Waals surface area contributed by atoms with E-state index in [2.05, 4.69) is 26.6 Å². The normalized spacial score (nSPS) is 13.1. The molecule has 8 heteroatoms. The van der Waals surface area contributed by atoms with E-state index in [4.69, 9.17) is 9.47 Å². The third-order valence-corrected chi connectivity index (χ3v) is 5.33. The summed E-state index contributed by atoms with van der Waals surface area (Å²) in [6, 6.07) is 11.7. The molecule has 0 aliphatic carbocycles. The number of hydrogen-bond donors (Lipinski definition) is 2. The van der Waals surface area contributed by atoms with Crippen LogP contribution in [-0.4, -0.2) is 36.7 Å². The van der Waals surface area contributed by atoms with E-state index in [0.29, 0.717) is 33.6 Å². The first kappa shape index (κ1) is 19.6. The van der Waals surface area contributed by atoms with E-state index in [1.165, 1.54) is 0 Å². The third-order valence-electron chi connectivity index (χ3n) is 3.99. The highest BCUT2D eigenvalue weighted by Gasteiger charge is 2.23. The van der Waals surface area contributed by atoms with Gasteiger partial charge in [0.25, 0.3) is 5.91 Å². The summed E-state index contributed by atoms with van der Waals surface area (Å²) in [6.07, 6.45) is 2.48. The zero-order valence-corrected chi connectivity index (χ0v) is 17.1. The number of carbonyl (C=O) groups excluding carboxylic acids is 2. The maximum atomic E-state index is 12.8. The lowest BCUT2D eigenvalue weighted by atomic mass is 10.1. The molecule has 0 aromatic heterocycles. The number of carbonyl (C=O) groups is 2. The minimum absolute atomic E-state index is 0.172. The number of nitrogens with one attached hydrogen (secondary N) is 2. The van der Waals surface area contributed by atoms with Crippen molar-refractivity contribution in [2.75, 3.05) is 24.1 Å². The Hall–Kier alpha value is -2.19. The number of thioether (sulfide) groups is 1. The Labute approximate surface area is 170 Å². The molecule has 0 spiro atoms. The van der Waals surface area contributed by atoms with Gasteiger partial charge in [-0.15, -0.1) is 0 Å². The van der Waals surface area contributed by atoms with Gasteiger partial charge < -0.3 is 20.1 Å². The van der Waals surface area contributed by atoms with Crippen LogP contribution >= 0.6 is 27.7 Å². The summed E-state index contributed by atoms with van der Waals surface area (Å²) in [5.74, 6) is 1.41. The molecule has 0 saturated heterocycles. The largest absolute Gasteiger partial charge is 0.454 e. The molecule has 2 aromatic carbocycles. The molecule has 0 saturated carbocycles. The van der Waals surface area contributed by atoms with Crippen LogP contribution < -0.4 is 20.1 Å². The number of hydrogen-bond acceptors (Lipinski definition) is 5. The highest BCUT2D eigenvalue weighted by Crippen LogP contribution is 2.34. The highest BCUT2D eigenvalue weighted by molar-refractivity contribution is 9.10. The second-order valence-electron chi connectivity index (χ2n) is 5.84. The maximum absolute atomic E-state index is 12.8. The van der Waals surface area contributed by atoms with E-state index < -0.39 is 6.04 Å². The van der Waals surface area contributed by atoms with Crippen LogP contribution in [0.3, 0.4) is 0 Å². The molecule has 2 N–H and O–H groups in total. The minimum Gasteiger partial charge on any atom is -0.454 e. The van der Waals surface area contributed by atoms with Crippen molar-refractivity contribution in [3.05, 3.63) is 52.5 Å². The zero-order chi connectivity index (χ0) is 19.2. The third kappa shape index (κ3) is 4.95. The first-order valence-corrected chi connectivity index (χ1v) is 10.5. The smallest absolute Gasteiger partial charge is 0.253 e. The van der Waals surface area contributed by atoms with Crippen molar-refractivity contribution in [1.82, 2.24) is 5.32 Å². The molecule has 0 fully saturated rings. The Morgan fingerprint density at radius 1 is 1.19 bits per heavy atom. The lowest BCUT2D eigenvalue weighted by Gasteiger charge is -2.19. The number of benzene rings is 2. The molecule has 0 bridgehead atoms. The highest BCUT2D eigenvalue weighted by atomic mass is 79.9. The van der Waals surface area contributed by atoms with Crippen LogP contribution in [-0.2, 0) is 4.79 Å². The number of anilines is 1. The fourth-order valence-electron chi connectivity index (χ4n) is 2.59. The van der Waals surface area contributed by atoms with Crippen LogP contribution in [0.25, 0.3) is 0 Å². The molecule has 2 aromatic rings. The zero-order valence-electron chi connectivity index (χ0n) is 14.7. The van der Waals surface area contributed by atoms with Crippen molar-refractivity contribution in [1.29, 1.82) is 0 Å². The van der Waals surface area contributed by atoms with Crippen LogP contribution in [0.4, 0.5) is 5.69 Å². The van der Waals surface area contributed by atoms with Gasteiger partial charge in [-0.25, -0.2) is 0 Å². The predicted octanol–water partition coefficient (Wildman–Crippen LogP) is 3.67. The maximum Gasteiger partial charge on any atom is 0.253 e. The van der Waals surface area contributed by atoms with E-state index in [9.17, 15) is 9.59 Å². The number of halogens is 1. The average Bonchev–Trinajstić information content (AvgIpc) is 3.13. The molecule has 27 heavy (non-hydrogen) atoms. The Kier molecular flexibility index (Phi) is 6.63. The van der Waals surface area contributed by atoms with Crippen molar-refractivity contribution in [3.63, 3.8) is 0 Å². The van der Waals surface area contributed by atoms with Gasteiger partial charge in [-0.3, -0.25) is 9.59 Å². The van der Waals surface area contributed by atoms with Gasteiger partial charge in [-0.05, 0) is 58.6 Å². The quantitative estimate of drug-likeness (QED) is 0.672. The Balaban J connectivity index is 1.70. The van der Waals surface area contributed by atoms with Crippen LogP contribution in [0, 0.1) is 0 Å². The summed E-state index contributed by atoms with van der Waals surface area (Å²) in [4.78, 5) is 25.3. The van der Waals surface area contributed by atoms with Crippen molar-refractivity contribution < 1.29 is 19.1 Å². The number of ether oxygens (including phenoxy) is 2. The molecule has 1 aliphatic rings. The SMILES string of the molecule is CSCCC(NC(=O)c1ccccc1Br)C(=O)Nc1ccc2c(c1)OCO2. The number of fused-ring (bicyclic) bond motifs is 1. The van der Waals surface area contributed by atoms with Gasteiger partial charge in [-0.2, -0.15) is 11.8 Å². The summed E-state index contributed by atoms with van der Waals surface area (Å²) < 4.78 is 11.3. The molecular weight excluding hydrogens is 432 g/mol. The van der Waals surface area contributed by atoms with Gasteiger partial charge in [0.15, 0.2) is 11.5 Å². The average molecular weight is 451 g/mol. The lowest BCUT2D eigenvalue weighted by molar-refractivity contribution is -0.118. The van der Waals surface area contributed by atoms with Gasteiger partial charge in [0.2, 0.25) is 12.7 Å². The number of rotatable bonds is 7. The minimum atomic E-state index is -0.650. The second kappa shape index (κ2) is 9.14. The van der Waals surface area contributed by atoms with E-state index >= 15 is 0 Å². The Morgan fingerprint density at radius 2 is 1.96 bits per heavy atom. The summed E-state index contributed by atoms with van der Waals surface area (Å²) in [6.45, 7) is 0.172. The lowest BCUT2D eigenvalue weighted by Crippen LogP contribution is -2.44. The monoisotopic (exact) mass is 450 g/mol. The van der Waals surface area contributed by atoms with E-state index in [1.54, 1.807) is 48.2 Å². The molecule has 1 unspecified atom stereocenters. The van der Waals surface area contributed by atoms with Gasteiger partial charge in [0.1, 0.15) is 6.04 Å². The van der Waals surface area contributed by atoms with E-state index in [0.717, 1.165) is 5.75 Å². The molecule has 142 valence electrons. The molecule has 3 rings (SSSR count). The van der Waals surface area contributed by atoms with E-state index in [1.807, 2.05) is 12.3 Å². The van der Waals surface area contributed by atoms with Crippen LogP contribution in [0.2, 0.25) is 0 Å². The molecule has 1 atom stereocenters. The first-order chi connectivity index (χ1) is 13.1. The summed E-state index contributed by atoms with van der Waals surface area (Å²) in [5, 5.41) is 5.67. The first-order valence-electron chi connectivity index (χ1n) is 8.33. The molecule has 2 amide bonds. The van der Waals surface area contributed by atoms with Crippen molar-refractivity contribution in [2.24, 2.45) is 0 Å². The molecule has 1 heterocycles. The second-order valence-corrected chi connectivity index (χ2v) is 7.68.